The van der Waals surface area contributed by atoms with Gasteiger partial charge in [0.05, 0.1) is 10.0 Å². The molecule has 19 heavy (non-hydrogen) atoms. The van der Waals surface area contributed by atoms with E-state index in [1.807, 2.05) is 42.2 Å². The third-order valence-electron chi connectivity index (χ3n) is 2.65. The molecule has 2 aromatic rings. The largest absolute Gasteiger partial charge is 1.00 e. The van der Waals surface area contributed by atoms with E-state index >= 15 is 0 Å². The molecule has 0 fully saturated rings. The molecule has 0 unspecified atom stereocenters. The van der Waals surface area contributed by atoms with E-state index in [9.17, 15) is 0 Å². The molecule has 1 heterocycles. The number of benzene rings is 1. The molecule has 2 rings (SSSR count). The highest BCUT2D eigenvalue weighted by molar-refractivity contribution is 6.42. The lowest BCUT2D eigenvalue weighted by Crippen LogP contribution is -3.00. The zero-order chi connectivity index (χ0) is 13.0. The predicted octanol–water partition coefficient (Wildman–Crippen LogP) is 1.08. The summed E-state index contributed by atoms with van der Waals surface area (Å²) in [5, 5.41) is 1.20. The van der Waals surface area contributed by atoms with Crippen molar-refractivity contribution >= 4 is 29.3 Å². The highest BCUT2D eigenvalue weighted by Crippen LogP contribution is 2.22. The van der Waals surface area contributed by atoms with Gasteiger partial charge in [-0.3, -0.25) is 0 Å². The predicted molar refractivity (Wildman–Crippen MR) is 76.8 cm³/mol. The summed E-state index contributed by atoms with van der Waals surface area (Å²) in [5.41, 5.74) is 2.34. The fourth-order valence-corrected chi connectivity index (χ4v) is 1.94. The number of pyridine rings is 1. The smallest absolute Gasteiger partial charge is 0.169 e. The molecule has 100 valence electrons. The molecular weight excluding hydrogens is 392 g/mol. The summed E-state index contributed by atoms with van der Waals surface area (Å²) in [6.07, 6.45) is 9.12. The minimum Gasteiger partial charge on any atom is -1.00 e. The van der Waals surface area contributed by atoms with E-state index in [2.05, 4.69) is 24.3 Å². The first-order valence-electron chi connectivity index (χ1n) is 5.71. The number of nitrogens with zero attached hydrogens (tertiary/aromatic N) is 1. The lowest BCUT2D eigenvalue weighted by molar-refractivity contribution is -0.671. The van der Waals surface area contributed by atoms with Gasteiger partial charge in [0.2, 0.25) is 0 Å². The van der Waals surface area contributed by atoms with Gasteiger partial charge in [0.1, 0.15) is 7.05 Å². The summed E-state index contributed by atoms with van der Waals surface area (Å²) in [5.74, 6) is 0. The summed E-state index contributed by atoms with van der Waals surface area (Å²) in [4.78, 5) is 0. The molecule has 0 aliphatic rings. The number of halogens is 3. The minimum atomic E-state index is 0. The first-order valence-corrected chi connectivity index (χ1v) is 6.46. The van der Waals surface area contributed by atoms with Crippen LogP contribution in [-0.4, -0.2) is 0 Å². The molecule has 0 saturated heterocycles. The Bertz CT molecular complexity index is 565. The van der Waals surface area contributed by atoms with E-state index in [4.69, 9.17) is 23.2 Å². The molecule has 0 atom stereocenters. The molecule has 4 heteroatoms. The highest BCUT2D eigenvalue weighted by Gasteiger charge is 1.98. The third kappa shape index (κ3) is 5.13. The molecule has 0 bridgehead atoms. The zero-order valence-corrected chi connectivity index (χ0v) is 14.2. The van der Waals surface area contributed by atoms with E-state index in [-0.39, 0.29) is 24.0 Å². The monoisotopic (exact) mass is 405 g/mol. The summed E-state index contributed by atoms with van der Waals surface area (Å²) in [6.45, 7) is 0. The number of aryl methyl sites for hydroxylation is 1. The summed E-state index contributed by atoms with van der Waals surface area (Å²) < 4.78 is 2.01. The number of allylic oxidation sites excluding steroid dienone is 1. The van der Waals surface area contributed by atoms with Gasteiger partial charge >= 0.3 is 0 Å². The van der Waals surface area contributed by atoms with Gasteiger partial charge in [-0.2, -0.15) is 0 Å². The van der Waals surface area contributed by atoms with Crippen molar-refractivity contribution < 1.29 is 28.5 Å². The first kappa shape index (κ1) is 16.5. The van der Waals surface area contributed by atoms with Crippen molar-refractivity contribution in [3.05, 3.63) is 70.0 Å². The molecule has 0 spiro atoms. The van der Waals surface area contributed by atoms with Gasteiger partial charge in [-0.25, -0.2) is 4.57 Å². The number of hydrogen-bond acceptors (Lipinski definition) is 0. The lowest BCUT2D eigenvalue weighted by Gasteiger charge is -1.99. The quantitative estimate of drug-likeness (QED) is 0.531. The molecule has 0 N–H and O–H groups in total. The molecular formula is C15H14Cl2IN. The van der Waals surface area contributed by atoms with Gasteiger partial charge in [0, 0.05) is 12.1 Å². The zero-order valence-electron chi connectivity index (χ0n) is 10.5. The Hall–Kier alpha value is -0.580. The van der Waals surface area contributed by atoms with E-state index in [0.717, 1.165) is 12.0 Å². The van der Waals surface area contributed by atoms with Crippen LogP contribution >= 0.6 is 23.2 Å². The second-order valence-electron chi connectivity index (χ2n) is 4.15. The van der Waals surface area contributed by atoms with Gasteiger partial charge in [-0.1, -0.05) is 41.4 Å². The maximum absolute atomic E-state index is 5.97. The molecule has 1 aromatic heterocycles. The van der Waals surface area contributed by atoms with Crippen LogP contribution in [-0.2, 0) is 13.5 Å². The van der Waals surface area contributed by atoms with Crippen LogP contribution in [0.2, 0.25) is 10.0 Å². The van der Waals surface area contributed by atoms with Gasteiger partial charge in [-0.05, 0) is 29.7 Å². The molecule has 0 radical (unpaired) electrons. The Morgan fingerprint density at radius 1 is 1.05 bits per heavy atom. The summed E-state index contributed by atoms with van der Waals surface area (Å²) in [7, 11) is 2.00. The third-order valence-corrected chi connectivity index (χ3v) is 3.39. The molecule has 0 amide bonds. The topological polar surface area (TPSA) is 3.88 Å². The maximum Gasteiger partial charge on any atom is 0.169 e. The molecule has 1 aromatic carbocycles. The van der Waals surface area contributed by atoms with Crippen molar-refractivity contribution in [1.29, 1.82) is 0 Å². The van der Waals surface area contributed by atoms with Crippen molar-refractivity contribution in [3.63, 3.8) is 0 Å². The van der Waals surface area contributed by atoms with E-state index < -0.39 is 0 Å². The number of rotatable bonds is 3. The van der Waals surface area contributed by atoms with Crippen LogP contribution in [0.1, 0.15) is 11.1 Å². The fraction of sp³-hybridized carbons (Fsp3) is 0.133. The molecule has 1 nitrogen and oxygen atoms in total. The lowest BCUT2D eigenvalue weighted by atomic mass is 10.1. The second-order valence-corrected chi connectivity index (χ2v) is 4.97. The Morgan fingerprint density at radius 2 is 1.74 bits per heavy atom. The second kappa shape index (κ2) is 7.88. The van der Waals surface area contributed by atoms with Crippen molar-refractivity contribution in [2.24, 2.45) is 7.05 Å². The normalized spacial score (nSPS) is 10.5. The average Bonchev–Trinajstić information content (AvgIpc) is 2.36. The molecule has 0 aliphatic heterocycles. The molecule has 0 aliphatic carbocycles. The van der Waals surface area contributed by atoms with Gasteiger partial charge in [0.25, 0.3) is 0 Å². The van der Waals surface area contributed by atoms with Crippen LogP contribution in [0.15, 0.2) is 48.8 Å². The average molecular weight is 406 g/mol. The van der Waals surface area contributed by atoms with Crippen LogP contribution in [0, 0.1) is 0 Å². The first-order chi connectivity index (χ1) is 8.65. The number of hydrogen-bond donors (Lipinski definition) is 0. The Labute approximate surface area is 140 Å². The van der Waals surface area contributed by atoms with E-state index in [0.29, 0.717) is 10.0 Å². The molecule has 0 saturated carbocycles. The maximum atomic E-state index is 5.97. The van der Waals surface area contributed by atoms with E-state index in [1.54, 1.807) is 0 Å². The van der Waals surface area contributed by atoms with Gasteiger partial charge < -0.3 is 24.0 Å². The van der Waals surface area contributed by atoms with Crippen LogP contribution < -0.4 is 28.5 Å². The standard InChI is InChI=1S/C15H14Cl2N.HI/c1-18-9-7-12(8-10-18)3-2-4-13-5-6-14(16)15(17)11-13;/h2-3,5-11H,4H2,1H3;1H/q+1;/p-1. The summed E-state index contributed by atoms with van der Waals surface area (Å²) >= 11 is 11.8. The van der Waals surface area contributed by atoms with Crippen LogP contribution in [0.5, 0.6) is 0 Å². The van der Waals surface area contributed by atoms with Crippen LogP contribution in [0.25, 0.3) is 6.08 Å². The SMILES string of the molecule is C[n+]1ccc(C=CCc2ccc(Cl)c(Cl)c2)cc1.[I-]. The van der Waals surface area contributed by atoms with Crippen molar-refractivity contribution in [2.75, 3.05) is 0 Å². The fourth-order valence-electron chi connectivity index (χ4n) is 1.62. The van der Waals surface area contributed by atoms with Crippen LogP contribution in [0.4, 0.5) is 0 Å². The van der Waals surface area contributed by atoms with Crippen LogP contribution in [0.3, 0.4) is 0 Å². The minimum absolute atomic E-state index is 0. The van der Waals surface area contributed by atoms with Gasteiger partial charge in [0.15, 0.2) is 12.4 Å². The van der Waals surface area contributed by atoms with Crippen molar-refractivity contribution in [3.8, 4) is 0 Å². The van der Waals surface area contributed by atoms with Crippen molar-refractivity contribution in [2.45, 2.75) is 6.42 Å². The Balaban J connectivity index is 0.00000180. The summed E-state index contributed by atoms with van der Waals surface area (Å²) in [6, 6.07) is 9.87. The highest BCUT2D eigenvalue weighted by atomic mass is 127. The van der Waals surface area contributed by atoms with E-state index in [1.165, 1.54) is 5.56 Å². The number of aromatic nitrogens is 1. The van der Waals surface area contributed by atoms with Crippen molar-refractivity contribution in [1.82, 2.24) is 0 Å². The Morgan fingerprint density at radius 3 is 2.37 bits per heavy atom. The van der Waals surface area contributed by atoms with Gasteiger partial charge in [-0.15, -0.1) is 0 Å². The Kier molecular flexibility index (Phi) is 6.83.